The van der Waals surface area contributed by atoms with E-state index in [0.29, 0.717) is 19.6 Å². The second kappa shape index (κ2) is 9.19. The van der Waals surface area contributed by atoms with Gasteiger partial charge in [-0.1, -0.05) is 36.4 Å². The fourth-order valence-corrected chi connectivity index (χ4v) is 1.94. The van der Waals surface area contributed by atoms with Gasteiger partial charge in [-0.15, -0.1) is 13.2 Å². The van der Waals surface area contributed by atoms with Crippen molar-refractivity contribution in [1.82, 2.24) is 10.2 Å². The Morgan fingerprint density at radius 2 is 1.95 bits per heavy atom. The number of nitrogens with zero attached hydrogens (tertiary/aromatic N) is 2. The lowest BCUT2D eigenvalue weighted by molar-refractivity contribution is -0.125. The van der Waals surface area contributed by atoms with Crippen LogP contribution in [-0.4, -0.2) is 23.9 Å². The van der Waals surface area contributed by atoms with Crippen LogP contribution in [0.1, 0.15) is 11.1 Å². The summed E-state index contributed by atoms with van der Waals surface area (Å²) >= 11 is 0. The Hall–Kier alpha value is -2.80. The number of benzene rings is 1. The third-order valence-corrected chi connectivity index (χ3v) is 3.14. The molecule has 0 aromatic heterocycles. The fraction of sp³-hybridized carbons (Fsp3) is 0.222. The third-order valence-electron chi connectivity index (χ3n) is 3.14. The van der Waals surface area contributed by atoms with Gasteiger partial charge in [0.05, 0.1) is 0 Å². The van der Waals surface area contributed by atoms with E-state index in [1.54, 1.807) is 12.2 Å². The van der Waals surface area contributed by atoms with Crippen LogP contribution in [0.15, 0.2) is 61.3 Å². The predicted octanol–water partition coefficient (Wildman–Crippen LogP) is 2.69. The molecular formula is C18H21N3O. The monoisotopic (exact) mass is 295 g/mol. The normalized spacial score (nSPS) is 10.5. The maximum atomic E-state index is 12.3. The second-order valence-electron chi connectivity index (χ2n) is 4.76. The third kappa shape index (κ3) is 4.95. The van der Waals surface area contributed by atoms with Gasteiger partial charge >= 0.3 is 0 Å². The molecule has 1 rings (SSSR count). The van der Waals surface area contributed by atoms with Gasteiger partial charge in [-0.25, -0.2) is 0 Å². The zero-order chi connectivity index (χ0) is 16.4. The minimum absolute atomic E-state index is 0.0669. The van der Waals surface area contributed by atoms with Gasteiger partial charge in [0.15, 0.2) is 0 Å². The number of nitriles is 1. The molecule has 1 aromatic rings. The van der Waals surface area contributed by atoms with Crippen LogP contribution in [-0.2, 0) is 11.3 Å². The fourth-order valence-electron chi connectivity index (χ4n) is 1.94. The number of hydrogen-bond acceptors (Lipinski definition) is 3. The summed E-state index contributed by atoms with van der Waals surface area (Å²) < 4.78 is 0. The van der Waals surface area contributed by atoms with Crippen LogP contribution in [0.3, 0.4) is 0 Å². The van der Waals surface area contributed by atoms with Crippen molar-refractivity contribution in [2.75, 3.05) is 13.1 Å². The quantitative estimate of drug-likeness (QED) is 0.456. The van der Waals surface area contributed by atoms with E-state index in [-0.39, 0.29) is 11.5 Å². The summed E-state index contributed by atoms with van der Waals surface area (Å²) in [5.41, 5.74) is 2.35. The summed E-state index contributed by atoms with van der Waals surface area (Å²) in [7, 11) is 0. The molecular weight excluding hydrogens is 274 g/mol. The molecule has 114 valence electrons. The number of amides is 1. The van der Waals surface area contributed by atoms with Gasteiger partial charge in [0, 0.05) is 25.8 Å². The largest absolute Gasteiger partial charge is 0.386 e. The number of aryl methyl sites for hydroxylation is 1. The van der Waals surface area contributed by atoms with Crippen molar-refractivity contribution >= 4 is 5.91 Å². The summed E-state index contributed by atoms with van der Waals surface area (Å²) in [4.78, 5) is 13.8. The predicted molar refractivity (Wildman–Crippen MR) is 88.7 cm³/mol. The molecule has 0 aliphatic carbocycles. The molecule has 0 aliphatic heterocycles. The Morgan fingerprint density at radius 1 is 1.32 bits per heavy atom. The molecule has 0 saturated carbocycles. The van der Waals surface area contributed by atoms with Crippen LogP contribution in [0.2, 0.25) is 0 Å². The molecule has 0 heterocycles. The lowest BCUT2D eigenvalue weighted by Gasteiger charge is -2.18. The number of nitrogens with one attached hydrogen (secondary N) is 1. The van der Waals surface area contributed by atoms with Gasteiger partial charge in [0.1, 0.15) is 11.6 Å². The summed E-state index contributed by atoms with van der Waals surface area (Å²) in [6.45, 7) is 10.6. The van der Waals surface area contributed by atoms with Gasteiger partial charge in [-0.3, -0.25) is 4.79 Å². The van der Waals surface area contributed by atoms with Crippen molar-refractivity contribution in [3.8, 4) is 6.07 Å². The van der Waals surface area contributed by atoms with Crippen LogP contribution in [0.5, 0.6) is 0 Å². The number of carbonyl (C=O) groups excluding carboxylic acids is 1. The van der Waals surface area contributed by atoms with Crippen LogP contribution >= 0.6 is 0 Å². The standard InChI is InChI=1S/C18H21N3O/c1-4-10-21(11-5-2)18(22)17(12-19)14-20-13-16-9-7-6-8-15(16)3/h4-9,14,20H,1-2,10-11,13H2,3H3/b17-14-. The molecule has 0 fully saturated rings. The smallest absolute Gasteiger partial charge is 0.266 e. The van der Waals surface area contributed by atoms with E-state index < -0.39 is 0 Å². The second-order valence-corrected chi connectivity index (χ2v) is 4.76. The molecule has 0 atom stereocenters. The van der Waals surface area contributed by atoms with Crippen molar-refractivity contribution in [3.63, 3.8) is 0 Å². The van der Waals surface area contributed by atoms with Crippen molar-refractivity contribution < 1.29 is 4.79 Å². The number of rotatable bonds is 8. The molecule has 4 nitrogen and oxygen atoms in total. The minimum Gasteiger partial charge on any atom is -0.386 e. The van der Waals surface area contributed by atoms with Gasteiger partial charge in [-0.05, 0) is 18.1 Å². The first-order chi connectivity index (χ1) is 10.6. The highest BCUT2D eigenvalue weighted by atomic mass is 16.2. The Balaban J connectivity index is 2.75. The van der Waals surface area contributed by atoms with Crippen LogP contribution in [0, 0.1) is 18.3 Å². The Kier molecular flexibility index (Phi) is 7.21. The minimum atomic E-state index is -0.334. The van der Waals surface area contributed by atoms with Crippen molar-refractivity contribution in [3.05, 3.63) is 72.5 Å². The summed E-state index contributed by atoms with van der Waals surface area (Å²) in [5.74, 6) is -0.334. The molecule has 0 aliphatic rings. The molecule has 1 amide bonds. The van der Waals surface area contributed by atoms with E-state index in [2.05, 4.69) is 18.5 Å². The van der Waals surface area contributed by atoms with Crippen LogP contribution in [0.4, 0.5) is 0 Å². The Labute approximate surface area is 132 Å². The number of carbonyl (C=O) groups is 1. The molecule has 0 radical (unpaired) electrons. The summed E-state index contributed by atoms with van der Waals surface area (Å²) in [6, 6.07) is 9.90. The van der Waals surface area contributed by atoms with Crippen LogP contribution in [0.25, 0.3) is 0 Å². The first-order valence-electron chi connectivity index (χ1n) is 7.03. The maximum absolute atomic E-state index is 12.3. The molecule has 4 heteroatoms. The average Bonchev–Trinajstić information content (AvgIpc) is 2.52. The highest BCUT2D eigenvalue weighted by Crippen LogP contribution is 2.07. The van der Waals surface area contributed by atoms with Gasteiger partial charge < -0.3 is 10.2 Å². The zero-order valence-electron chi connectivity index (χ0n) is 12.9. The molecule has 0 saturated heterocycles. The molecule has 0 bridgehead atoms. The lowest BCUT2D eigenvalue weighted by Crippen LogP contribution is -2.32. The Morgan fingerprint density at radius 3 is 2.50 bits per heavy atom. The van der Waals surface area contributed by atoms with Crippen molar-refractivity contribution in [2.45, 2.75) is 13.5 Å². The lowest BCUT2D eigenvalue weighted by atomic mass is 10.1. The first-order valence-corrected chi connectivity index (χ1v) is 7.03. The molecule has 22 heavy (non-hydrogen) atoms. The van der Waals surface area contributed by atoms with E-state index in [4.69, 9.17) is 0 Å². The molecule has 0 unspecified atom stereocenters. The number of hydrogen-bond donors (Lipinski definition) is 1. The Bertz CT molecular complexity index is 601. The van der Waals surface area contributed by atoms with Gasteiger partial charge in [0.25, 0.3) is 5.91 Å². The maximum Gasteiger partial charge on any atom is 0.266 e. The SMILES string of the molecule is C=CCN(CC=C)C(=O)/C(C#N)=C\NCc1ccccc1C. The van der Waals surface area contributed by atoms with Gasteiger partial charge in [0.2, 0.25) is 0 Å². The highest BCUT2D eigenvalue weighted by molar-refractivity contribution is 5.97. The van der Waals surface area contributed by atoms with E-state index in [0.717, 1.165) is 11.1 Å². The highest BCUT2D eigenvalue weighted by Gasteiger charge is 2.15. The van der Waals surface area contributed by atoms with E-state index >= 15 is 0 Å². The summed E-state index contributed by atoms with van der Waals surface area (Å²) in [5, 5.41) is 12.2. The van der Waals surface area contributed by atoms with E-state index in [1.165, 1.54) is 11.1 Å². The molecule has 0 spiro atoms. The van der Waals surface area contributed by atoms with E-state index in [9.17, 15) is 10.1 Å². The van der Waals surface area contributed by atoms with E-state index in [1.807, 2.05) is 37.3 Å². The van der Waals surface area contributed by atoms with Crippen molar-refractivity contribution in [1.29, 1.82) is 5.26 Å². The zero-order valence-corrected chi connectivity index (χ0v) is 12.9. The average molecular weight is 295 g/mol. The van der Waals surface area contributed by atoms with Crippen molar-refractivity contribution in [2.24, 2.45) is 0 Å². The van der Waals surface area contributed by atoms with Gasteiger partial charge in [-0.2, -0.15) is 5.26 Å². The molecule has 1 aromatic carbocycles. The summed E-state index contributed by atoms with van der Waals surface area (Å²) in [6.07, 6.45) is 4.71. The van der Waals surface area contributed by atoms with Crippen LogP contribution < -0.4 is 5.32 Å². The topological polar surface area (TPSA) is 56.1 Å². The molecule has 1 N–H and O–H groups in total. The first kappa shape index (κ1) is 17.3.